The fourth-order valence-electron chi connectivity index (χ4n) is 3.98. The number of fused-ring (bicyclic) bond motifs is 1. The first-order valence-electron chi connectivity index (χ1n) is 11.3. The molecular weight excluding hydrogens is 443 g/mol. The summed E-state index contributed by atoms with van der Waals surface area (Å²) in [4.78, 5) is 41.0. The van der Waals surface area contributed by atoms with Crippen LogP contribution in [0.25, 0.3) is 0 Å². The predicted octanol–water partition coefficient (Wildman–Crippen LogP) is 2.76. The van der Waals surface area contributed by atoms with Gasteiger partial charge in [0.05, 0.1) is 18.9 Å². The van der Waals surface area contributed by atoms with Crippen LogP contribution < -0.4 is 14.4 Å². The first-order valence-corrected chi connectivity index (χ1v) is 11.3. The quantitative estimate of drug-likeness (QED) is 0.552. The maximum absolute atomic E-state index is 13.3. The summed E-state index contributed by atoms with van der Waals surface area (Å²) in [6, 6.07) is 8.98. The van der Waals surface area contributed by atoms with E-state index in [0.29, 0.717) is 74.0 Å². The average Bonchev–Trinajstić information content (AvgIpc) is 2.84. The van der Waals surface area contributed by atoms with Crippen LogP contribution in [0, 0.1) is 12.7 Å². The lowest BCUT2D eigenvalue weighted by Crippen LogP contribution is -2.42. The van der Waals surface area contributed by atoms with E-state index in [2.05, 4.69) is 0 Å². The highest BCUT2D eigenvalue weighted by atomic mass is 19.1. The molecule has 0 bridgehead atoms. The maximum Gasteiger partial charge on any atom is 0.265 e. The number of hydrogen-bond acceptors (Lipinski definition) is 6. The minimum absolute atomic E-state index is 0.0430. The van der Waals surface area contributed by atoms with Gasteiger partial charge in [-0.05, 0) is 55.3 Å². The summed E-state index contributed by atoms with van der Waals surface area (Å²) in [7, 11) is 0. The van der Waals surface area contributed by atoms with E-state index in [1.54, 1.807) is 34.9 Å². The molecule has 9 heteroatoms. The van der Waals surface area contributed by atoms with Gasteiger partial charge in [-0.1, -0.05) is 0 Å². The average molecular weight is 470 g/mol. The third kappa shape index (κ3) is 5.53. The van der Waals surface area contributed by atoms with Crippen LogP contribution in [0.15, 0.2) is 36.4 Å². The zero-order valence-electron chi connectivity index (χ0n) is 19.0. The number of rotatable bonds is 8. The van der Waals surface area contributed by atoms with Crippen LogP contribution in [0.4, 0.5) is 10.1 Å². The molecule has 34 heavy (non-hydrogen) atoms. The molecule has 4 rings (SSSR count). The Bertz CT molecular complexity index is 1080. The minimum atomic E-state index is -0.373. The standard InChI is InChI=1S/C25H27FN2O6/c1-17-13-19(26)5-7-22(17)33-15-21(29)18-4-6-23-20(14-18)28(25(31)16-34-23)8-2-3-24(30)27-9-11-32-12-10-27/h4-7,13-14H,2-3,8-12,15-16H2,1H3. The van der Waals surface area contributed by atoms with E-state index in [1.165, 1.54) is 18.2 Å². The fourth-order valence-corrected chi connectivity index (χ4v) is 3.98. The Hall–Kier alpha value is -3.46. The van der Waals surface area contributed by atoms with Gasteiger partial charge in [-0.15, -0.1) is 0 Å². The summed E-state index contributed by atoms with van der Waals surface area (Å²) < 4.78 is 29.6. The summed E-state index contributed by atoms with van der Waals surface area (Å²) in [5.41, 5.74) is 1.46. The van der Waals surface area contributed by atoms with Crippen molar-refractivity contribution in [2.45, 2.75) is 19.8 Å². The molecule has 2 aliphatic heterocycles. The van der Waals surface area contributed by atoms with Crippen LogP contribution in [0.3, 0.4) is 0 Å². The third-order valence-electron chi connectivity index (χ3n) is 5.86. The van der Waals surface area contributed by atoms with Crippen LogP contribution in [0.2, 0.25) is 0 Å². The Labute approximate surface area is 197 Å². The molecule has 0 spiro atoms. The molecule has 2 heterocycles. The monoisotopic (exact) mass is 470 g/mol. The molecule has 0 atom stereocenters. The highest BCUT2D eigenvalue weighted by Crippen LogP contribution is 2.33. The number of anilines is 1. The SMILES string of the molecule is Cc1cc(F)ccc1OCC(=O)c1ccc2c(c1)N(CCCC(=O)N1CCOCC1)C(=O)CO2. The van der Waals surface area contributed by atoms with Gasteiger partial charge < -0.3 is 24.0 Å². The van der Waals surface area contributed by atoms with Gasteiger partial charge >= 0.3 is 0 Å². The van der Waals surface area contributed by atoms with Gasteiger partial charge in [-0.3, -0.25) is 14.4 Å². The van der Waals surface area contributed by atoms with Gasteiger partial charge in [0.15, 0.2) is 19.0 Å². The van der Waals surface area contributed by atoms with Crippen LogP contribution in [0.1, 0.15) is 28.8 Å². The molecule has 0 saturated carbocycles. The van der Waals surface area contributed by atoms with E-state index >= 15 is 0 Å². The van der Waals surface area contributed by atoms with Gasteiger partial charge in [0.2, 0.25) is 5.91 Å². The smallest absolute Gasteiger partial charge is 0.265 e. The van der Waals surface area contributed by atoms with E-state index in [1.807, 2.05) is 0 Å². The lowest BCUT2D eigenvalue weighted by molar-refractivity contribution is -0.135. The fraction of sp³-hybridized carbons (Fsp3) is 0.400. The minimum Gasteiger partial charge on any atom is -0.485 e. The molecule has 1 fully saturated rings. The number of carbonyl (C=O) groups excluding carboxylic acids is 3. The van der Waals surface area contributed by atoms with Gasteiger partial charge in [0, 0.05) is 31.6 Å². The Morgan fingerprint density at radius 2 is 1.91 bits per heavy atom. The molecular formula is C25H27FN2O6. The zero-order valence-corrected chi connectivity index (χ0v) is 19.0. The maximum atomic E-state index is 13.3. The molecule has 2 amide bonds. The summed E-state index contributed by atoms with van der Waals surface area (Å²) in [6.07, 6.45) is 0.815. The number of amides is 2. The second kappa shape index (κ2) is 10.6. The Morgan fingerprint density at radius 3 is 2.68 bits per heavy atom. The van der Waals surface area contributed by atoms with Crippen molar-refractivity contribution in [3.8, 4) is 11.5 Å². The van der Waals surface area contributed by atoms with Crippen molar-refractivity contribution in [3.05, 3.63) is 53.3 Å². The first-order chi connectivity index (χ1) is 16.4. The van der Waals surface area contributed by atoms with E-state index < -0.39 is 0 Å². The number of carbonyl (C=O) groups is 3. The van der Waals surface area contributed by atoms with Crippen molar-refractivity contribution in [2.24, 2.45) is 0 Å². The van der Waals surface area contributed by atoms with Crippen LogP contribution in [-0.2, 0) is 14.3 Å². The molecule has 2 aromatic carbocycles. The van der Waals surface area contributed by atoms with Crippen molar-refractivity contribution in [1.82, 2.24) is 4.90 Å². The first kappa shape index (κ1) is 23.7. The van der Waals surface area contributed by atoms with Crippen molar-refractivity contribution < 1.29 is 33.0 Å². The Morgan fingerprint density at radius 1 is 1.12 bits per heavy atom. The second-order valence-electron chi connectivity index (χ2n) is 8.23. The summed E-state index contributed by atoms with van der Waals surface area (Å²) in [6.45, 7) is 3.98. The number of Topliss-reactive ketones (excluding diaryl/α,β-unsaturated/α-hetero) is 1. The number of morpholine rings is 1. The summed E-state index contributed by atoms with van der Waals surface area (Å²) in [5, 5.41) is 0. The Kier molecular flexibility index (Phi) is 7.42. The molecule has 2 aromatic rings. The predicted molar refractivity (Wildman–Crippen MR) is 122 cm³/mol. The molecule has 1 saturated heterocycles. The van der Waals surface area contributed by atoms with Gasteiger partial charge in [-0.25, -0.2) is 4.39 Å². The second-order valence-corrected chi connectivity index (χ2v) is 8.23. The normalized spacial score (nSPS) is 15.5. The molecule has 180 valence electrons. The molecule has 0 unspecified atom stereocenters. The third-order valence-corrected chi connectivity index (χ3v) is 5.86. The molecule has 2 aliphatic rings. The highest BCUT2D eigenvalue weighted by Gasteiger charge is 2.27. The molecule has 0 aliphatic carbocycles. The van der Waals surface area contributed by atoms with Crippen molar-refractivity contribution in [3.63, 3.8) is 0 Å². The number of benzene rings is 2. The van der Waals surface area contributed by atoms with Crippen LogP contribution >= 0.6 is 0 Å². The summed E-state index contributed by atoms with van der Waals surface area (Å²) >= 11 is 0. The number of halogens is 1. The topological polar surface area (TPSA) is 85.4 Å². The molecule has 0 aromatic heterocycles. The number of ether oxygens (including phenoxy) is 3. The van der Waals surface area contributed by atoms with E-state index in [0.717, 1.165) is 0 Å². The number of ketones is 1. The Balaban J connectivity index is 1.40. The molecule has 0 N–H and O–H groups in total. The molecule has 8 nitrogen and oxygen atoms in total. The van der Waals surface area contributed by atoms with E-state index in [-0.39, 0.29) is 36.6 Å². The van der Waals surface area contributed by atoms with Gasteiger partial charge in [0.25, 0.3) is 5.91 Å². The lowest BCUT2D eigenvalue weighted by Gasteiger charge is -2.30. The summed E-state index contributed by atoms with van der Waals surface area (Å²) in [5.74, 6) is 0.0912. The highest BCUT2D eigenvalue weighted by molar-refractivity contribution is 6.02. The van der Waals surface area contributed by atoms with Gasteiger partial charge in [0.1, 0.15) is 17.3 Å². The van der Waals surface area contributed by atoms with Crippen LogP contribution in [-0.4, -0.2) is 68.6 Å². The van der Waals surface area contributed by atoms with Crippen molar-refractivity contribution in [1.29, 1.82) is 0 Å². The largest absolute Gasteiger partial charge is 0.485 e. The van der Waals surface area contributed by atoms with Gasteiger partial charge in [-0.2, -0.15) is 0 Å². The van der Waals surface area contributed by atoms with Crippen molar-refractivity contribution in [2.75, 3.05) is 51.0 Å². The number of hydrogen-bond donors (Lipinski definition) is 0. The number of aryl methyl sites for hydroxylation is 1. The van der Waals surface area contributed by atoms with Crippen LogP contribution in [0.5, 0.6) is 11.5 Å². The van der Waals surface area contributed by atoms with Crippen molar-refractivity contribution >= 4 is 23.3 Å². The van der Waals surface area contributed by atoms with E-state index in [4.69, 9.17) is 14.2 Å². The van der Waals surface area contributed by atoms with E-state index in [9.17, 15) is 18.8 Å². The zero-order chi connectivity index (χ0) is 24.1. The lowest BCUT2D eigenvalue weighted by atomic mass is 10.1. The molecule has 0 radical (unpaired) electrons. The number of nitrogens with zero attached hydrogens (tertiary/aromatic N) is 2.